The maximum Gasteiger partial charge on any atom is 0.272 e. The first-order valence-corrected chi connectivity index (χ1v) is 7.33. The van der Waals surface area contributed by atoms with E-state index in [-0.39, 0.29) is 5.91 Å². The fraction of sp³-hybridized carbons (Fsp3) is 0.375. The van der Waals surface area contributed by atoms with Crippen molar-refractivity contribution in [2.75, 3.05) is 6.54 Å². The maximum atomic E-state index is 12.1. The Bertz CT molecular complexity index is 622. The van der Waals surface area contributed by atoms with Crippen LogP contribution in [0.15, 0.2) is 30.3 Å². The molecule has 1 unspecified atom stereocenters. The van der Waals surface area contributed by atoms with Crippen LogP contribution >= 0.6 is 0 Å². The van der Waals surface area contributed by atoms with Crippen LogP contribution in [-0.4, -0.2) is 27.8 Å². The van der Waals surface area contributed by atoms with Crippen molar-refractivity contribution >= 4 is 5.91 Å². The topological polar surface area (TPSA) is 78.0 Å². The summed E-state index contributed by atoms with van der Waals surface area (Å²) in [7, 11) is 0. The number of nitrogens with one attached hydrogen (secondary N) is 2. The molecule has 1 heterocycles. The summed E-state index contributed by atoms with van der Waals surface area (Å²) in [5, 5.41) is 19.9. The highest BCUT2D eigenvalue weighted by Gasteiger charge is 2.22. The molecule has 0 aliphatic heterocycles. The molecule has 1 atom stereocenters. The smallest absolute Gasteiger partial charge is 0.272 e. The van der Waals surface area contributed by atoms with Crippen molar-refractivity contribution in [3.63, 3.8) is 0 Å². The summed E-state index contributed by atoms with van der Waals surface area (Å²) in [6.07, 6.45) is 2.90. The average molecular weight is 285 g/mol. The minimum Gasteiger partial charge on any atom is -0.388 e. The fourth-order valence-electron chi connectivity index (χ4n) is 2.76. The molecule has 110 valence electrons. The Morgan fingerprint density at radius 2 is 2.14 bits per heavy atom. The molecule has 3 N–H and O–H groups in total. The van der Waals surface area contributed by atoms with Crippen molar-refractivity contribution in [2.24, 2.45) is 0 Å². The molecule has 0 radical (unpaired) electrons. The van der Waals surface area contributed by atoms with Gasteiger partial charge in [-0.15, -0.1) is 0 Å². The van der Waals surface area contributed by atoms with Gasteiger partial charge in [0, 0.05) is 17.8 Å². The largest absolute Gasteiger partial charge is 0.388 e. The number of aliphatic hydroxyl groups is 1. The maximum absolute atomic E-state index is 12.1. The standard InChI is InChI=1S/C16H19N3O2/c20-14(11-5-2-1-3-6-11)9-10-17-16(21)15-12-7-4-8-13(12)18-19-15/h1-3,5-6,14,20H,4,7-10H2,(H,17,21)(H,18,19). The van der Waals surface area contributed by atoms with Crippen LogP contribution in [0, 0.1) is 0 Å². The van der Waals surface area contributed by atoms with E-state index < -0.39 is 6.10 Å². The number of carbonyl (C=O) groups is 1. The van der Waals surface area contributed by atoms with Gasteiger partial charge in [-0.1, -0.05) is 30.3 Å². The third kappa shape index (κ3) is 2.97. The van der Waals surface area contributed by atoms with Crippen LogP contribution in [0.25, 0.3) is 0 Å². The number of rotatable bonds is 5. The van der Waals surface area contributed by atoms with E-state index in [4.69, 9.17) is 0 Å². The number of aromatic nitrogens is 2. The normalized spacial score (nSPS) is 14.7. The van der Waals surface area contributed by atoms with Crippen LogP contribution in [-0.2, 0) is 12.8 Å². The lowest BCUT2D eigenvalue weighted by Gasteiger charge is -2.11. The Kier molecular flexibility index (Phi) is 4.01. The van der Waals surface area contributed by atoms with E-state index in [1.165, 1.54) is 0 Å². The summed E-state index contributed by atoms with van der Waals surface area (Å²) >= 11 is 0. The summed E-state index contributed by atoms with van der Waals surface area (Å²) in [4.78, 5) is 12.1. The lowest BCUT2D eigenvalue weighted by atomic mass is 10.1. The molecule has 5 nitrogen and oxygen atoms in total. The number of H-pyrrole nitrogens is 1. The van der Waals surface area contributed by atoms with E-state index in [1.54, 1.807) is 0 Å². The van der Waals surface area contributed by atoms with E-state index in [1.807, 2.05) is 30.3 Å². The van der Waals surface area contributed by atoms with Crippen LogP contribution in [0.5, 0.6) is 0 Å². The van der Waals surface area contributed by atoms with Gasteiger partial charge in [0.2, 0.25) is 0 Å². The molecule has 1 aliphatic rings. The first-order valence-electron chi connectivity index (χ1n) is 7.33. The molecule has 1 aliphatic carbocycles. The third-order valence-corrected chi connectivity index (χ3v) is 3.91. The number of carbonyl (C=O) groups excluding carboxylic acids is 1. The van der Waals surface area contributed by atoms with Gasteiger partial charge >= 0.3 is 0 Å². The number of fused-ring (bicyclic) bond motifs is 1. The van der Waals surface area contributed by atoms with Crippen molar-refractivity contribution < 1.29 is 9.90 Å². The Labute approximate surface area is 123 Å². The Hall–Kier alpha value is -2.14. The van der Waals surface area contributed by atoms with Gasteiger partial charge in [-0.05, 0) is 31.2 Å². The Morgan fingerprint density at radius 1 is 1.33 bits per heavy atom. The third-order valence-electron chi connectivity index (χ3n) is 3.91. The molecule has 1 amide bonds. The van der Waals surface area contributed by atoms with E-state index in [0.717, 1.165) is 36.1 Å². The van der Waals surface area contributed by atoms with Crippen LogP contribution in [0.4, 0.5) is 0 Å². The average Bonchev–Trinajstić information content (AvgIpc) is 3.10. The minimum absolute atomic E-state index is 0.158. The number of nitrogens with zero attached hydrogens (tertiary/aromatic N) is 1. The van der Waals surface area contributed by atoms with Crippen LogP contribution in [0.2, 0.25) is 0 Å². The summed E-state index contributed by atoms with van der Waals surface area (Å²) in [5.74, 6) is -0.158. The van der Waals surface area contributed by atoms with Gasteiger partial charge in [-0.2, -0.15) is 5.10 Å². The molecule has 0 bridgehead atoms. The molecule has 21 heavy (non-hydrogen) atoms. The molecule has 1 aromatic heterocycles. The lowest BCUT2D eigenvalue weighted by molar-refractivity contribution is 0.0936. The molecule has 3 rings (SSSR count). The molecular formula is C16H19N3O2. The van der Waals surface area contributed by atoms with Crippen LogP contribution in [0.1, 0.15) is 46.3 Å². The Morgan fingerprint density at radius 3 is 2.95 bits per heavy atom. The van der Waals surface area contributed by atoms with Gasteiger partial charge in [0.1, 0.15) is 0 Å². The second-order valence-electron chi connectivity index (χ2n) is 5.35. The van der Waals surface area contributed by atoms with E-state index in [9.17, 15) is 9.90 Å². The predicted molar refractivity (Wildman–Crippen MR) is 79.0 cm³/mol. The number of hydrogen-bond acceptors (Lipinski definition) is 3. The summed E-state index contributed by atoms with van der Waals surface area (Å²) < 4.78 is 0. The summed E-state index contributed by atoms with van der Waals surface area (Å²) in [6, 6.07) is 9.46. The molecular weight excluding hydrogens is 266 g/mol. The zero-order valence-electron chi connectivity index (χ0n) is 11.8. The van der Waals surface area contributed by atoms with Crippen LogP contribution in [0.3, 0.4) is 0 Å². The van der Waals surface area contributed by atoms with Gasteiger partial charge < -0.3 is 10.4 Å². The van der Waals surface area contributed by atoms with Crippen molar-refractivity contribution in [1.82, 2.24) is 15.5 Å². The number of benzene rings is 1. The predicted octanol–water partition coefficient (Wildman–Crippen LogP) is 1.75. The molecule has 0 saturated heterocycles. The highest BCUT2D eigenvalue weighted by atomic mass is 16.3. The summed E-state index contributed by atoms with van der Waals surface area (Å²) in [6.45, 7) is 0.427. The second-order valence-corrected chi connectivity index (χ2v) is 5.35. The van der Waals surface area contributed by atoms with Gasteiger partial charge in [-0.25, -0.2) is 0 Å². The number of aliphatic hydroxyl groups excluding tert-OH is 1. The van der Waals surface area contributed by atoms with Crippen LogP contribution < -0.4 is 5.32 Å². The first kappa shape index (κ1) is 13.8. The van der Waals surface area contributed by atoms with Crippen molar-refractivity contribution in [3.8, 4) is 0 Å². The van der Waals surface area contributed by atoms with E-state index in [0.29, 0.717) is 18.7 Å². The number of aryl methyl sites for hydroxylation is 1. The molecule has 0 fully saturated rings. The molecule has 1 aromatic carbocycles. The zero-order chi connectivity index (χ0) is 14.7. The van der Waals surface area contributed by atoms with Gasteiger partial charge in [0.05, 0.1) is 6.10 Å². The lowest BCUT2D eigenvalue weighted by Crippen LogP contribution is -2.26. The van der Waals surface area contributed by atoms with Gasteiger partial charge in [0.15, 0.2) is 5.69 Å². The number of aromatic amines is 1. The highest BCUT2D eigenvalue weighted by Crippen LogP contribution is 2.22. The van der Waals surface area contributed by atoms with Gasteiger partial charge in [0.25, 0.3) is 5.91 Å². The van der Waals surface area contributed by atoms with E-state index in [2.05, 4.69) is 15.5 Å². The quantitative estimate of drug-likeness (QED) is 0.783. The Balaban J connectivity index is 1.52. The summed E-state index contributed by atoms with van der Waals surface area (Å²) in [5.41, 5.74) is 3.52. The molecule has 0 saturated carbocycles. The molecule has 5 heteroatoms. The van der Waals surface area contributed by atoms with Gasteiger partial charge in [-0.3, -0.25) is 9.89 Å². The minimum atomic E-state index is -0.559. The highest BCUT2D eigenvalue weighted by molar-refractivity contribution is 5.94. The fourth-order valence-corrected chi connectivity index (χ4v) is 2.76. The second kappa shape index (κ2) is 6.10. The molecule has 2 aromatic rings. The molecule has 0 spiro atoms. The SMILES string of the molecule is O=C(NCCC(O)c1ccccc1)c1n[nH]c2c1CCC2. The zero-order valence-corrected chi connectivity index (χ0v) is 11.8. The number of amides is 1. The number of hydrogen-bond donors (Lipinski definition) is 3. The van der Waals surface area contributed by atoms with E-state index >= 15 is 0 Å². The van der Waals surface area contributed by atoms with Crippen molar-refractivity contribution in [3.05, 3.63) is 52.8 Å². The van der Waals surface area contributed by atoms with Crippen molar-refractivity contribution in [2.45, 2.75) is 31.8 Å². The van der Waals surface area contributed by atoms with Crippen molar-refractivity contribution in [1.29, 1.82) is 0 Å². The first-order chi connectivity index (χ1) is 10.3. The monoisotopic (exact) mass is 285 g/mol.